The average Bonchev–Trinajstić information content (AvgIpc) is 2.42. The molecule has 1 N–H and O–H groups in total. The highest BCUT2D eigenvalue weighted by Gasteiger charge is 2.23. The monoisotopic (exact) mass is 268 g/mol. The Morgan fingerprint density at radius 2 is 2.16 bits per heavy atom. The quantitative estimate of drug-likeness (QED) is 0.903. The number of hydrogen-bond donors (Lipinski definition) is 1. The fourth-order valence-corrected chi connectivity index (χ4v) is 2.55. The number of benzene rings is 1. The maximum Gasteiger partial charge on any atom is 0.159 e. The first-order valence-electron chi connectivity index (χ1n) is 6.99. The van der Waals surface area contributed by atoms with Gasteiger partial charge in [-0.2, -0.15) is 0 Å². The zero-order valence-corrected chi connectivity index (χ0v) is 11.6. The van der Waals surface area contributed by atoms with Crippen LogP contribution in [0.25, 0.3) is 0 Å². The van der Waals surface area contributed by atoms with Crippen molar-refractivity contribution in [3.63, 3.8) is 0 Å². The number of nitrogens with zero attached hydrogens (tertiary/aromatic N) is 1. The summed E-state index contributed by atoms with van der Waals surface area (Å²) in [4.78, 5) is 2.31. The molecule has 0 amide bonds. The van der Waals surface area contributed by atoms with E-state index in [1.54, 1.807) is 6.07 Å². The van der Waals surface area contributed by atoms with Crippen LogP contribution in [-0.4, -0.2) is 30.6 Å². The van der Waals surface area contributed by atoms with Crippen LogP contribution < -0.4 is 5.32 Å². The van der Waals surface area contributed by atoms with E-state index in [2.05, 4.69) is 24.1 Å². The molecule has 106 valence electrons. The Balaban J connectivity index is 1.96. The summed E-state index contributed by atoms with van der Waals surface area (Å²) in [5.74, 6) is -0.902. The molecule has 1 fully saturated rings. The molecule has 0 aliphatic carbocycles. The maximum absolute atomic E-state index is 13.2. The van der Waals surface area contributed by atoms with Gasteiger partial charge in [0.2, 0.25) is 0 Å². The van der Waals surface area contributed by atoms with Crippen molar-refractivity contribution in [2.75, 3.05) is 19.6 Å². The third-order valence-corrected chi connectivity index (χ3v) is 4.01. The first-order valence-corrected chi connectivity index (χ1v) is 6.99. The van der Waals surface area contributed by atoms with Gasteiger partial charge in [0.15, 0.2) is 11.6 Å². The third kappa shape index (κ3) is 3.74. The summed E-state index contributed by atoms with van der Waals surface area (Å²) in [5, 5.41) is 3.53. The van der Waals surface area contributed by atoms with Crippen molar-refractivity contribution < 1.29 is 8.78 Å². The smallest absolute Gasteiger partial charge is 0.159 e. The fraction of sp³-hybridized carbons (Fsp3) is 0.600. The number of piperazine rings is 1. The molecule has 2 rings (SSSR count). The first kappa shape index (κ1) is 14.4. The van der Waals surface area contributed by atoms with Crippen LogP contribution in [0, 0.1) is 17.6 Å². The molecule has 1 aromatic rings. The molecule has 1 aliphatic rings. The molecule has 0 spiro atoms. The zero-order chi connectivity index (χ0) is 13.8. The van der Waals surface area contributed by atoms with E-state index in [0.29, 0.717) is 18.5 Å². The van der Waals surface area contributed by atoms with Crippen molar-refractivity contribution in [1.29, 1.82) is 0 Å². The molecule has 0 bridgehead atoms. The Morgan fingerprint density at radius 3 is 2.84 bits per heavy atom. The standard InChI is InChI=1S/C15H22F2N2/c1-3-11(2)15-10-19(7-6-18-15)9-12-4-5-13(16)14(17)8-12/h4-5,8,11,15,18H,3,6-7,9-10H2,1-2H3. The molecule has 2 unspecified atom stereocenters. The lowest BCUT2D eigenvalue weighted by atomic mass is 9.97. The van der Waals surface area contributed by atoms with Crippen LogP contribution in [0.4, 0.5) is 8.78 Å². The van der Waals surface area contributed by atoms with Gasteiger partial charge >= 0.3 is 0 Å². The van der Waals surface area contributed by atoms with Crippen molar-refractivity contribution >= 4 is 0 Å². The maximum atomic E-state index is 13.2. The van der Waals surface area contributed by atoms with E-state index in [9.17, 15) is 8.78 Å². The Labute approximate surface area is 113 Å². The van der Waals surface area contributed by atoms with Gasteiger partial charge in [-0.05, 0) is 23.6 Å². The highest BCUT2D eigenvalue weighted by molar-refractivity contribution is 5.17. The van der Waals surface area contributed by atoms with Crippen LogP contribution in [0.1, 0.15) is 25.8 Å². The van der Waals surface area contributed by atoms with Crippen LogP contribution in [0.15, 0.2) is 18.2 Å². The molecular weight excluding hydrogens is 246 g/mol. The lowest BCUT2D eigenvalue weighted by molar-refractivity contribution is 0.162. The van der Waals surface area contributed by atoms with Crippen LogP contribution in [0.5, 0.6) is 0 Å². The second-order valence-electron chi connectivity index (χ2n) is 5.43. The fourth-order valence-electron chi connectivity index (χ4n) is 2.55. The van der Waals surface area contributed by atoms with E-state index in [4.69, 9.17) is 0 Å². The molecule has 0 radical (unpaired) electrons. The summed E-state index contributed by atoms with van der Waals surface area (Å²) in [6, 6.07) is 4.66. The van der Waals surface area contributed by atoms with Crippen molar-refractivity contribution in [3.8, 4) is 0 Å². The van der Waals surface area contributed by atoms with Gasteiger partial charge in [0.1, 0.15) is 0 Å². The van der Waals surface area contributed by atoms with Gasteiger partial charge in [-0.3, -0.25) is 4.90 Å². The highest BCUT2D eigenvalue weighted by Crippen LogP contribution is 2.16. The Bertz CT molecular complexity index is 423. The summed E-state index contributed by atoms with van der Waals surface area (Å²) < 4.78 is 26.1. The van der Waals surface area contributed by atoms with E-state index in [1.165, 1.54) is 12.1 Å². The summed E-state index contributed by atoms with van der Waals surface area (Å²) in [6.07, 6.45) is 1.15. The second kappa shape index (κ2) is 6.44. The number of halogens is 2. The van der Waals surface area contributed by atoms with E-state index in [1.807, 2.05) is 0 Å². The van der Waals surface area contributed by atoms with Gasteiger partial charge in [-0.1, -0.05) is 26.3 Å². The van der Waals surface area contributed by atoms with Gasteiger partial charge in [-0.25, -0.2) is 8.78 Å². The predicted molar refractivity (Wildman–Crippen MR) is 72.9 cm³/mol. The van der Waals surface area contributed by atoms with Gasteiger partial charge < -0.3 is 5.32 Å². The lowest BCUT2D eigenvalue weighted by Gasteiger charge is -2.36. The molecule has 2 atom stereocenters. The van der Waals surface area contributed by atoms with Crippen molar-refractivity contribution in [2.45, 2.75) is 32.9 Å². The van der Waals surface area contributed by atoms with Crippen molar-refractivity contribution in [2.24, 2.45) is 5.92 Å². The van der Waals surface area contributed by atoms with E-state index in [0.717, 1.165) is 31.6 Å². The van der Waals surface area contributed by atoms with Gasteiger partial charge in [-0.15, -0.1) is 0 Å². The minimum atomic E-state index is -0.776. The van der Waals surface area contributed by atoms with Gasteiger partial charge in [0.25, 0.3) is 0 Å². The van der Waals surface area contributed by atoms with E-state index in [-0.39, 0.29) is 0 Å². The average molecular weight is 268 g/mol. The largest absolute Gasteiger partial charge is 0.311 e. The predicted octanol–water partition coefficient (Wildman–Crippen LogP) is 2.78. The summed E-state index contributed by atoms with van der Waals surface area (Å²) in [5.41, 5.74) is 0.837. The van der Waals surface area contributed by atoms with Crippen LogP contribution in [0.3, 0.4) is 0 Å². The Kier molecular flexibility index (Phi) is 4.88. The first-order chi connectivity index (χ1) is 9.10. The van der Waals surface area contributed by atoms with Crippen LogP contribution in [0.2, 0.25) is 0 Å². The van der Waals surface area contributed by atoms with Crippen LogP contribution in [-0.2, 0) is 6.54 Å². The molecule has 0 aromatic heterocycles. The normalized spacial score (nSPS) is 22.4. The minimum Gasteiger partial charge on any atom is -0.311 e. The molecule has 19 heavy (non-hydrogen) atoms. The lowest BCUT2D eigenvalue weighted by Crippen LogP contribution is -2.52. The van der Waals surface area contributed by atoms with Crippen LogP contribution >= 0.6 is 0 Å². The Morgan fingerprint density at radius 1 is 1.37 bits per heavy atom. The minimum absolute atomic E-state index is 0.490. The second-order valence-corrected chi connectivity index (χ2v) is 5.43. The molecule has 1 saturated heterocycles. The van der Waals surface area contributed by atoms with Crippen molar-refractivity contribution in [3.05, 3.63) is 35.4 Å². The van der Waals surface area contributed by atoms with E-state index < -0.39 is 11.6 Å². The topological polar surface area (TPSA) is 15.3 Å². The number of hydrogen-bond acceptors (Lipinski definition) is 2. The van der Waals surface area contributed by atoms with Crippen molar-refractivity contribution in [1.82, 2.24) is 10.2 Å². The molecule has 1 aromatic carbocycles. The Hall–Kier alpha value is -1.00. The highest BCUT2D eigenvalue weighted by atomic mass is 19.2. The van der Waals surface area contributed by atoms with Gasteiger partial charge in [0, 0.05) is 32.2 Å². The SMILES string of the molecule is CCC(C)C1CN(Cc2ccc(F)c(F)c2)CCN1. The summed E-state index contributed by atoms with van der Waals surface area (Å²) >= 11 is 0. The molecular formula is C15H22F2N2. The molecule has 1 aliphatic heterocycles. The van der Waals surface area contributed by atoms with Gasteiger partial charge in [0.05, 0.1) is 0 Å². The number of rotatable bonds is 4. The third-order valence-electron chi connectivity index (χ3n) is 4.01. The molecule has 2 nitrogen and oxygen atoms in total. The zero-order valence-electron chi connectivity index (χ0n) is 11.6. The summed E-state index contributed by atoms with van der Waals surface area (Å²) in [7, 11) is 0. The molecule has 1 heterocycles. The van der Waals surface area contributed by atoms with E-state index >= 15 is 0 Å². The summed E-state index contributed by atoms with van der Waals surface area (Å²) in [6.45, 7) is 8.00. The molecule has 4 heteroatoms. The molecule has 0 saturated carbocycles. The number of nitrogens with one attached hydrogen (secondary N) is 1.